The highest BCUT2D eigenvalue weighted by Crippen LogP contribution is 2.29. The number of fused-ring (bicyclic) bond motifs is 1. The first-order valence-electron chi connectivity index (χ1n) is 6.88. The molecule has 1 fully saturated rings. The highest BCUT2D eigenvalue weighted by molar-refractivity contribution is 7.99. The maximum absolute atomic E-state index is 12.5. The van der Waals surface area contributed by atoms with Crippen molar-refractivity contribution < 1.29 is 14.7 Å². The molecule has 0 radical (unpaired) electrons. The Balaban J connectivity index is 1.97. The third kappa shape index (κ3) is 2.33. The van der Waals surface area contributed by atoms with Gasteiger partial charge in [0.25, 0.3) is 5.91 Å². The van der Waals surface area contributed by atoms with Gasteiger partial charge in [-0.05, 0) is 32.1 Å². The number of carboxylic acid groups (broad SMARTS) is 1. The van der Waals surface area contributed by atoms with E-state index in [1.54, 1.807) is 4.52 Å². The number of carbonyl (C=O) groups is 2. The zero-order valence-corrected chi connectivity index (χ0v) is 13.1. The minimum absolute atomic E-state index is 0.296. The fourth-order valence-electron chi connectivity index (χ4n) is 2.60. The molecule has 0 aliphatic carbocycles. The van der Waals surface area contributed by atoms with Crippen LogP contribution in [0.4, 0.5) is 0 Å². The van der Waals surface area contributed by atoms with Crippen molar-refractivity contribution in [2.24, 2.45) is 0 Å². The van der Waals surface area contributed by atoms with Gasteiger partial charge in [0.1, 0.15) is 11.1 Å². The van der Waals surface area contributed by atoms with Gasteiger partial charge < -0.3 is 10.4 Å². The summed E-state index contributed by atoms with van der Waals surface area (Å²) in [5.74, 6) is -0.351. The van der Waals surface area contributed by atoms with E-state index in [0.29, 0.717) is 23.4 Å². The Morgan fingerprint density at radius 3 is 2.86 bits per heavy atom. The van der Waals surface area contributed by atoms with Crippen LogP contribution in [0.15, 0.2) is 12.3 Å². The van der Waals surface area contributed by atoms with Crippen molar-refractivity contribution >= 4 is 29.3 Å². The van der Waals surface area contributed by atoms with Crippen molar-refractivity contribution in [3.63, 3.8) is 0 Å². The molecule has 7 nitrogen and oxygen atoms in total. The summed E-state index contributed by atoms with van der Waals surface area (Å²) in [5.41, 5.74) is 1.19. The molecule has 1 atom stereocenters. The lowest BCUT2D eigenvalue weighted by molar-refractivity contribution is -0.143. The molecule has 1 saturated heterocycles. The van der Waals surface area contributed by atoms with E-state index in [0.717, 1.165) is 17.1 Å². The van der Waals surface area contributed by atoms with Crippen molar-refractivity contribution in [3.8, 4) is 0 Å². The summed E-state index contributed by atoms with van der Waals surface area (Å²) >= 11 is 1.53. The van der Waals surface area contributed by atoms with E-state index in [1.165, 1.54) is 18.0 Å². The fourth-order valence-corrected chi connectivity index (χ4v) is 3.93. The van der Waals surface area contributed by atoms with E-state index in [2.05, 4.69) is 15.4 Å². The zero-order valence-electron chi connectivity index (χ0n) is 12.3. The van der Waals surface area contributed by atoms with E-state index in [9.17, 15) is 14.7 Å². The zero-order chi connectivity index (χ0) is 15.9. The Kier molecular flexibility index (Phi) is 3.56. The van der Waals surface area contributed by atoms with Crippen LogP contribution in [0.1, 0.15) is 28.2 Å². The van der Waals surface area contributed by atoms with Crippen molar-refractivity contribution in [1.82, 2.24) is 19.9 Å². The molecule has 3 heterocycles. The van der Waals surface area contributed by atoms with Crippen LogP contribution in [0.2, 0.25) is 0 Å². The van der Waals surface area contributed by atoms with Gasteiger partial charge >= 0.3 is 5.97 Å². The van der Waals surface area contributed by atoms with Crippen LogP contribution in [0.3, 0.4) is 0 Å². The highest BCUT2D eigenvalue weighted by Gasteiger charge is 2.43. The number of amides is 1. The molecule has 2 N–H and O–H groups in total. The molecule has 8 heteroatoms. The fraction of sp³-hybridized carbons (Fsp3) is 0.429. The first kappa shape index (κ1) is 14.8. The summed E-state index contributed by atoms with van der Waals surface area (Å²) < 4.78 is 1.58. The number of hydrogen-bond acceptors (Lipinski definition) is 5. The summed E-state index contributed by atoms with van der Waals surface area (Å²) in [6.07, 6.45) is 1.85. The Morgan fingerprint density at radius 2 is 2.23 bits per heavy atom. The lowest BCUT2D eigenvalue weighted by Crippen LogP contribution is -2.54. The number of carbonyl (C=O) groups excluding carboxylic acids is 1. The smallest absolute Gasteiger partial charge is 0.330 e. The molecule has 0 saturated carbocycles. The second-order valence-electron chi connectivity index (χ2n) is 5.48. The summed E-state index contributed by atoms with van der Waals surface area (Å²) in [6.45, 7) is 3.72. The maximum atomic E-state index is 12.5. The molecule has 0 aromatic carbocycles. The molecule has 2 aromatic rings. The average Bonchev–Trinajstić information content (AvgIpc) is 3.05. The van der Waals surface area contributed by atoms with Crippen molar-refractivity contribution in [2.45, 2.75) is 25.8 Å². The third-order valence-corrected chi connectivity index (χ3v) is 5.00. The van der Waals surface area contributed by atoms with Crippen LogP contribution in [-0.4, -0.2) is 48.6 Å². The molecule has 116 valence electrons. The average molecular weight is 320 g/mol. The van der Waals surface area contributed by atoms with Crippen LogP contribution in [-0.2, 0) is 4.79 Å². The SMILES string of the molecule is Cc1cc(C)n2ncc(C(=O)N[C@@]3(C(=O)O)CCSC3)c2n1. The number of hydrogen-bond donors (Lipinski definition) is 2. The second kappa shape index (κ2) is 5.28. The topological polar surface area (TPSA) is 96.6 Å². The van der Waals surface area contributed by atoms with Gasteiger partial charge in [0.05, 0.1) is 6.20 Å². The summed E-state index contributed by atoms with van der Waals surface area (Å²) in [6, 6.07) is 1.87. The Bertz CT molecular complexity index is 765. The molecule has 1 aliphatic rings. The van der Waals surface area contributed by atoms with Crippen LogP contribution >= 0.6 is 11.8 Å². The van der Waals surface area contributed by atoms with E-state index >= 15 is 0 Å². The van der Waals surface area contributed by atoms with Crippen LogP contribution < -0.4 is 5.32 Å². The minimum Gasteiger partial charge on any atom is -0.479 e. The summed E-state index contributed by atoms with van der Waals surface area (Å²) in [4.78, 5) is 28.4. The molecule has 3 rings (SSSR count). The third-order valence-electron chi connectivity index (χ3n) is 3.81. The predicted molar refractivity (Wildman–Crippen MR) is 82.2 cm³/mol. The largest absolute Gasteiger partial charge is 0.479 e. The van der Waals surface area contributed by atoms with E-state index < -0.39 is 17.4 Å². The van der Waals surface area contributed by atoms with Crippen LogP contribution in [0, 0.1) is 13.8 Å². The van der Waals surface area contributed by atoms with Gasteiger partial charge in [0.2, 0.25) is 0 Å². The number of rotatable bonds is 3. The summed E-state index contributed by atoms with van der Waals surface area (Å²) in [7, 11) is 0. The van der Waals surface area contributed by atoms with Gasteiger partial charge in [-0.25, -0.2) is 14.3 Å². The lowest BCUT2D eigenvalue weighted by atomic mass is 9.99. The number of aliphatic carboxylic acids is 1. The monoisotopic (exact) mass is 320 g/mol. The molecule has 0 unspecified atom stereocenters. The van der Waals surface area contributed by atoms with Gasteiger partial charge in [0.15, 0.2) is 5.65 Å². The van der Waals surface area contributed by atoms with E-state index in [1.807, 2.05) is 19.9 Å². The number of aromatic nitrogens is 3. The molecule has 0 spiro atoms. The molecule has 22 heavy (non-hydrogen) atoms. The predicted octanol–water partition coefficient (Wildman–Crippen LogP) is 1.04. The molecule has 1 aliphatic heterocycles. The molecular weight excluding hydrogens is 304 g/mol. The minimum atomic E-state index is -1.20. The molecular formula is C14H16N4O3S. The quantitative estimate of drug-likeness (QED) is 0.877. The van der Waals surface area contributed by atoms with Crippen molar-refractivity contribution in [2.75, 3.05) is 11.5 Å². The first-order valence-corrected chi connectivity index (χ1v) is 8.04. The lowest BCUT2D eigenvalue weighted by Gasteiger charge is -2.24. The second-order valence-corrected chi connectivity index (χ2v) is 6.58. The van der Waals surface area contributed by atoms with Gasteiger partial charge in [-0.1, -0.05) is 0 Å². The number of nitrogens with one attached hydrogen (secondary N) is 1. The Morgan fingerprint density at radius 1 is 1.45 bits per heavy atom. The molecule has 0 bridgehead atoms. The number of aryl methyl sites for hydroxylation is 2. The standard InChI is InChI=1S/C14H16N4O3S/c1-8-5-9(2)18-11(16-8)10(6-15-18)12(19)17-14(13(20)21)3-4-22-7-14/h5-6H,3-4,7H2,1-2H3,(H,17,19)(H,20,21)/t14-/m0/s1. The Labute approximate surface area is 131 Å². The first-order chi connectivity index (χ1) is 10.4. The number of carboxylic acids is 1. The van der Waals surface area contributed by atoms with Crippen molar-refractivity contribution in [3.05, 3.63) is 29.2 Å². The van der Waals surface area contributed by atoms with Crippen molar-refractivity contribution in [1.29, 1.82) is 0 Å². The maximum Gasteiger partial charge on any atom is 0.330 e. The normalized spacial score (nSPS) is 21.2. The summed E-state index contributed by atoms with van der Waals surface area (Å²) in [5, 5.41) is 16.3. The van der Waals surface area contributed by atoms with E-state index in [-0.39, 0.29) is 0 Å². The molecule has 1 amide bonds. The van der Waals surface area contributed by atoms with E-state index in [4.69, 9.17) is 0 Å². The highest BCUT2D eigenvalue weighted by atomic mass is 32.2. The van der Waals surface area contributed by atoms with Gasteiger partial charge in [-0.15, -0.1) is 0 Å². The van der Waals surface area contributed by atoms with Gasteiger partial charge in [-0.2, -0.15) is 16.9 Å². The van der Waals surface area contributed by atoms with Crippen LogP contribution in [0.5, 0.6) is 0 Å². The number of thioether (sulfide) groups is 1. The molecule has 2 aromatic heterocycles. The Hall–Kier alpha value is -2.09. The van der Waals surface area contributed by atoms with Gasteiger partial charge in [-0.3, -0.25) is 4.79 Å². The van der Waals surface area contributed by atoms with Crippen LogP contribution in [0.25, 0.3) is 5.65 Å². The number of nitrogens with zero attached hydrogens (tertiary/aromatic N) is 3. The van der Waals surface area contributed by atoms with Gasteiger partial charge in [0, 0.05) is 17.1 Å².